The number of sulfonamides is 1. The monoisotopic (exact) mass is 268 g/mol. The molecule has 0 bridgehead atoms. The van der Waals surface area contributed by atoms with Gasteiger partial charge in [-0.1, -0.05) is 6.07 Å². The molecule has 1 aromatic rings. The molecule has 0 atom stereocenters. The Morgan fingerprint density at radius 2 is 2.17 bits per heavy atom. The number of rotatable bonds is 6. The van der Waals surface area contributed by atoms with Crippen molar-refractivity contribution in [2.75, 3.05) is 20.3 Å². The van der Waals surface area contributed by atoms with Gasteiger partial charge in [0, 0.05) is 20.3 Å². The van der Waals surface area contributed by atoms with E-state index in [4.69, 9.17) is 10.00 Å². The number of nitrogens with zero attached hydrogens (tertiary/aromatic N) is 1. The molecule has 0 radical (unpaired) electrons. The quantitative estimate of drug-likeness (QED) is 0.786. The van der Waals surface area contributed by atoms with Gasteiger partial charge in [-0.3, -0.25) is 0 Å². The summed E-state index contributed by atoms with van der Waals surface area (Å²) in [4.78, 5) is 0.152. The van der Waals surface area contributed by atoms with Crippen molar-refractivity contribution in [2.45, 2.75) is 18.2 Å². The van der Waals surface area contributed by atoms with Crippen molar-refractivity contribution in [2.24, 2.45) is 0 Å². The second kappa shape index (κ2) is 6.50. The van der Waals surface area contributed by atoms with Gasteiger partial charge in [0.25, 0.3) is 0 Å². The Morgan fingerprint density at radius 1 is 1.44 bits per heavy atom. The summed E-state index contributed by atoms with van der Waals surface area (Å²) < 4.78 is 31.4. The number of hydrogen-bond donors (Lipinski definition) is 1. The number of ether oxygens (including phenoxy) is 1. The molecule has 1 rings (SSSR count). The lowest BCUT2D eigenvalue weighted by molar-refractivity contribution is 0.196. The van der Waals surface area contributed by atoms with E-state index in [0.29, 0.717) is 30.7 Å². The highest BCUT2D eigenvalue weighted by Gasteiger charge is 2.16. The third-order valence-corrected chi connectivity index (χ3v) is 4.03. The minimum absolute atomic E-state index is 0.152. The molecule has 0 fully saturated rings. The molecule has 0 aliphatic carbocycles. The number of hydrogen-bond acceptors (Lipinski definition) is 4. The molecule has 0 aliphatic rings. The Morgan fingerprint density at radius 3 is 2.78 bits per heavy atom. The lowest BCUT2D eigenvalue weighted by Crippen LogP contribution is -2.26. The van der Waals surface area contributed by atoms with E-state index >= 15 is 0 Å². The minimum Gasteiger partial charge on any atom is -0.385 e. The van der Waals surface area contributed by atoms with Gasteiger partial charge in [0.15, 0.2) is 0 Å². The second-order valence-electron chi connectivity index (χ2n) is 3.84. The predicted octanol–water partition coefficient (Wildman–Crippen LogP) is 1.18. The fourth-order valence-corrected chi connectivity index (χ4v) is 2.80. The molecule has 1 N–H and O–H groups in total. The van der Waals surface area contributed by atoms with Crippen LogP contribution in [0.15, 0.2) is 23.1 Å². The first-order chi connectivity index (χ1) is 8.51. The van der Waals surface area contributed by atoms with Crippen molar-refractivity contribution >= 4 is 10.0 Å². The first-order valence-corrected chi connectivity index (χ1v) is 6.99. The van der Waals surface area contributed by atoms with Crippen molar-refractivity contribution in [1.29, 1.82) is 5.26 Å². The van der Waals surface area contributed by atoms with Crippen molar-refractivity contribution < 1.29 is 13.2 Å². The van der Waals surface area contributed by atoms with Crippen LogP contribution < -0.4 is 4.72 Å². The van der Waals surface area contributed by atoms with Gasteiger partial charge in [-0.15, -0.1) is 0 Å². The Labute approximate surface area is 107 Å². The minimum atomic E-state index is -3.56. The highest BCUT2D eigenvalue weighted by molar-refractivity contribution is 7.89. The molecule has 0 amide bonds. The molecule has 5 nitrogen and oxygen atoms in total. The average molecular weight is 268 g/mol. The van der Waals surface area contributed by atoms with Crippen LogP contribution in [-0.4, -0.2) is 28.7 Å². The Kier molecular flexibility index (Phi) is 5.28. The van der Waals surface area contributed by atoms with E-state index in [2.05, 4.69) is 4.72 Å². The number of benzene rings is 1. The van der Waals surface area contributed by atoms with Gasteiger partial charge >= 0.3 is 0 Å². The van der Waals surface area contributed by atoms with Crippen LogP contribution in [0.1, 0.15) is 17.5 Å². The Balaban J connectivity index is 2.88. The fraction of sp³-hybridized carbons (Fsp3) is 0.417. The molecular formula is C12H16N2O3S. The third-order valence-electron chi connectivity index (χ3n) is 2.42. The molecule has 98 valence electrons. The van der Waals surface area contributed by atoms with Crippen LogP contribution in [0.5, 0.6) is 0 Å². The predicted molar refractivity (Wildman–Crippen MR) is 67.6 cm³/mol. The van der Waals surface area contributed by atoms with Gasteiger partial charge < -0.3 is 4.74 Å². The number of nitriles is 1. The summed E-state index contributed by atoms with van der Waals surface area (Å²) in [7, 11) is -2.00. The van der Waals surface area contributed by atoms with Gasteiger partial charge in [0.2, 0.25) is 10.0 Å². The highest BCUT2D eigenvalue weighted by Crippen LogP contribution is 2.16. The van der Waals surface area contributed by atoms with E-state index in [9.17, 15) is 8.42 Å². The highest BCUT2D eigenvalue weighted by atomic mass is 32.2. The normalized spacial score (nSPS) is 11.2. The lowest BCUT2D eigenvalue weighted by atomic mass is 10.2. The molecule has 0 saturated carbocycles. The molecule has 0 saturated heterocycles. The summed E-state index contributed by atoms with van der Waals surface area (Å²) >= 11 is 0. The standard InChI is InChI=1S/C12H16N2O3S/c1-10-4-5-11(9-13)8-12(10)18(15,16)14-6-3-7-17-2/h4-5,8,14H,3,6-7H2,1-2H3. The van der Waals surface area contributed by atoms with E-state index in [1.165, 1.54) is 6.07 Å². The molecular weight excluding hydrogens is 252 g/mol. The van der Waals surface area contributed by atoms with E-state index in [-0.39, 0.29) is 4.90 Å². The fourth-order valence-electron chi connectivity index (χ4n) is 1.46. The molecule has 18 heavy (non-hydrogen) atoms. The van der Waals surface area contributed by atoms with Crippen molar-refractivity contribution in [3.8, 4) is 6.07 Å². The summed E-state index contributed by atoms with van der Waals surface area (Å²) in [5.41, 5.74) is 0.950. The second-order valence-corrected chi connectivity index (χ2v) is 5.57. The van der Waals surface area contributed by atoms with Crippen LogP contribution in [0.4, 0.5) is 0 Å². The third kappa shape index (κ3) is 3.81. The molecule has 0 unspecified atom stereocenters. The van der Waals surface area contributed by atoms with Crippen LogP contribution in [0.2, 0.25) is 0 Å². The maximum absolute atomic E-state index is 12.0. The lowest BCUT2D eigenvalue weighted by Gasteiger charge is -2.09. The SMILES string of the molecule is COCCCNS(=O)(=O)c1cc(C#N)ccc1C. The van der Waals surface area contributed by atoms with Crippen molar-refractivity contribution in [3.05, 3.63) is 29.3 Å². The van der Waals surface area contributed by atoms with Gasteiger partial charge in [0.05, 0.1) is 16.5 Å². The van der Waals surface area contributed by atoms with Crippen LogP contribution in [0.25, 0.3) is 0 Å². The average Bonchev–Trinajstić information content (AvgIpc) is 2.35. The van der Waals surface area contributed by atoms with Gasteiger partial charge in [-0.2, -0.15) is 5.26 Å². The zero-order chi connectivity index (χ0) is 13.6. The van der Waals surface area contributed by atoms with Crippen LogP contribution in [-0.2, 0) is 14.8 Å². The van der Waals surface area contributed by atoms with Crippen molar-refractivity contribution in [1.82, 2.24) is 4.72 Å². The van der Waals surface area contributed by atoms with Crippen LogP contribution in [0.3, 0.4) is 0 Å². The maximum Gasteiger partial charge on any atom is 0.240 e. The molecule has 0 heterocycles. The summed E-state index contributed by atoms with van der Waals surface area (Å²) in [6.07, 6.45) is 0.604. The van der Waals surface area contributed by atoms with E-state index < -0.39 is 10.0 Å². The first-order valence-electron chi connectivity index (χ1n) is 5.50. The van der Waals surface area contributed by atoms with Gasteiger partial charge in [-0.05, 0) is 31.0 Å². The van der Waals surface area contributed by atoms with E-state index in [1.54, 1.807) is 26.2 Å². The summed E-state index contributed by atoms with van der Waals surface area (Å²) in [6.45, 7) is 2.51. The zero-order valence-corrected chi connectivity index (χ0v) is 11.3. The largest absolute Gasteiger partial charge is 0.385 e. The van der Waals surface area contributed by atoms with Crippen molar-refractivity contribution in [3.63, 3.8) is 0 Å². The smallest absolute Gasteiger partial charge is 0.240 e. The topological polar surface area (TPSA) is 79.2 Å². The maximum atomic E-state index is 12.0. The van der Waals surface area contributed by atoms with Gasteiger partial charge in [0.1, 0.15) is 0 Å². The number of nitrogens with one attached hydrogen (secondary N) is 1. The zero-order valence-electron chi connectivity index (χ0n) is 10.4. The first kappa shape index (κ1) is 14.6. The van der Waals surface area contributed by atoms with Gasteiger partial charge in [-0.25, -0.2) is 13.1 Å². The van der Waals surface area contributed by atoms with Crippen LogP contribution in [0, 0.1) is 18.3 Å². The number of methoxy groups -OCH3 is 1. The Hall–Kier alpha value is -1.42. The van der Waals surface area contributed by atoms with Crippen LogP contribution >= 0.6 is 0 Å². The molecule has 0 aromatic heterocycles. The summed E-state index contributed by atoms with van der Waals surface area (Å²) in [6, 6.07) is 6.54. The summed E-state index contributed by atoms with van der Waals surface area (Å²) in [5, 5.41) is 8.78. The van der Waals surface area contributed by atoms with E-state index in [0.717, 1.165) is 0 Å². The summed E-state index contributed by atoms with van der Waals surface area (Å²) in [5.74, 6) is 0. The molecule has 6 heteroatoms. The molecule has 0 spiro atoms. The molecule has 0 aliphatic heterocycles. The Bertz CT molecular complexity index is 547. The molecule has 1 aromatic carbocycles. The number of aryl methyl sites for hydroxylation is 1. The van der Waals surface area contributed by atoms with E-state index in [1.807, 2.05) is 6.07 Å².